The smallest absolute Gasteiger partial charge is 0.225 e. The highest BCUT2D eigenvalue weighted by atomic mass is 19.1. The first-order valence-corrected chi connectivity index (χ1v) is 6.87. The molecule has 22 heavy (non-hydrogen) atoms. The minimum atomic E-state index is -0.491. The van der Waals surface area contributed by atoms with Crippen LogP contribution in [0.4, 0.5) is 8.78 Å². The van der Waals surface area contributed by atoms with Crippen molar-refractivity contribution in [2.45, 2.75) is 19.4 Å². The Labute approximate surface area is 127 Å². The molecule has 0 heterocycles. The average Bonchev–Trinajstić information content (AvgIpc) is 2.49. The summed E-state index contributed by atoms with van der Waals surface area (Å²) >= 11 is 0. The number of amides is 1. The highest BCUT2D eigenvalue weighted by molar-refractivity contribution is 5.79. The number of carbonyl (C=O) groups excluding carboxylic acids is 1. The standard InChI is InChI=1S/C17H17F2NO2/c1-11(12-7-8-16(22-2)15(19)9-12)20-17(21)10-13-5-3-4-6-14(13)18/h3-9,11H,10H2,1-2H3,(H,20,21)/t11-/m0/s1. The van der Waals surface area contributed by atoms with Gasteiger partial charge in [-0.25, -0.2) is 8.78 Å². The van der Waals surface area contributed by atoms with E-state index in [9.17, 15) is 13.6 Å². The molecule has 0 spiro atoms. The maximum absolute atomic E-state index is 13.7. The van der Waals surface area contributed by atoms with Gasteiger partial charge in [0.2, 0.25) is 5.91 Å². The molecule has 2 aromatic carbocycles. The molecule has 116 valence electrons. The summed E-state index contributed by atoms with van der Waals surface area (Å²) < 4.78 is 32.0. The van der Waals surface area contributed by atoms with E-state index >= 15 is 0 Å². The fourth-order valence-electron chi connectivity index (χ4n) is 2.14. The predicted molar refractivity (Wildman–Crippen MR) is 79.6 cm³/mol. The molecule has 0 aromatic heterocycles. The second kappa shape index (κ2) is 7.02. The van der Waals surface area contributed by atoms with Crippen LogP contribution in [-0.4, -0.2) is 13.0 Å². The van der Waals surface area contributed by atoms with Crippen molar-refractivity contribution in [3.63, 3.8) is 0 Å². The second-order valence-corrected chi connectivity index (χ2v) is 4.95. The Hall–Kier alpha value is -2.43. The summed E-state index contributed by atoms with van der Waals surface area (Å²) in [6.07, 6.45) is -0.0599. The fourth-order valence-corrected chi connectivity index (χ4v) is 2.14. The Balaban J connectivity index is 2.02. The zero-order valence-corrected chi connectivity index (χ0v) is 12.4. The summed E-state index contributed by atoms with van der Waals surface area (Å²) in [6.45, 7) is 1.74. The highest BCUT2D eigenvalue weighted by Gasteiger charge is 2.14. The molecule has 0 saturated carbocycles. The van der Waals surface area contributed by atoms with E-state index in [1.165, 1.54) is 25.3 Å². The number of benzene rings is 2. The van der Waals surface area contributed by atoms with E-state index in [4.69, 9.17) is 4.74 Å². The molecule has 1 atom stereocenters. The third-order valence-corrected chi connectivity index (χ3v) is 3.36. The molecule has 0 radical (unpaired) electrons. The van der Waals surface area contributed by atoms with Crippen LogP contribution < -0.4 is 10.1 Å². The van der Waals surface area contributed by atoms with Crippen LogP contribution in [0, 0.1) is 11.6 Å². The minimum Gasteiger partial charge on any atom is -0.494 e. The summed E-state index contributed by atoms with van der Waals surface area (Å²) in [5, 5.41) is 2.72. The summed E-state index contributed by atoms with van der Waals surface area (Å²) in [7, 11) is 1.39. The first kappa shape index (κ1) is 15.9. The molecule has 5 heteroatoms. The third kappa shape index (κ3) is 3.81. The van der Waals surface area contributed by atoms with Gasteiger partial charge in [-0.1, -0.05) is 24.3 Å². The molecule has 2 rings (SSSR count). The molecule has 1 amide bonds. The van der Waals surface area contributed by atoms with Gasteiger partial charge in [-0.15, -0.1) is 0 Å². The first-order chi connectivity index (χ1) is 10.5. The predicted octanol–water partition coefficient (Wildman–Crippen LogP) is 3.39. The number of halogens is 2. The summed E-state index contributed by atoms with van der Waals surface area (Å²) in [5.41, 5.74) is 0.938. The Kier molecular flexibility index (Phi) is 5.09. The van der Waals surface area contributed by atoms with Crippen LogP contribution in [0.25, 0.3) is 0 Å². The Morgan fingerprint density at radius 1 is 1.18 bits per heavy atom. The first-order valence-electron chi connectivity index (χ1n) is 6.87. The molecule has 0 unspecified atom stereocenters. The van der Waals surface area contributed by atoms with Gasteiger partial charge in [0.05, 0.1) is 19.6 Å². The summed E-state index contributed by atoms with van der Waals surface area (Å²) in [4.78, 5) is 12.0. The zero-order chi connectivity index (χ0) is 16.1. The largest absolute Gasteiger partial charge is 0.494 e. The van der Waals surface area contributed by atoms with Crippen LogP contribution in [0.2, 0.25) is 0 Å². The number of methoxy groups -OCH3 is 1. The van der Waals surface area contributed by atoms with Crippen LogP contribution in [0.5, 0.6) is 5.75 Å². The van der Waals surface area contributed by atoms with Crippen LogP contribution in [0.15, 0.2) is 42.5 Å². The number of nitrogens with one attached hydrogen (secondary N) is 1. The second-order valence-electron chi connectivity index (χ2n) is 4.95. The molecular formula is C17H17F2NO2. The topological polar surface area (TPSA) is 38.3 Å². The Bertz CT molecular complexity index is 673. The van der Waals surface area contributed by atoms with Gasteiger partial charge in [0.1, 0.15) is 5.82 Å². The Morgan fingerprint density at radius 3 is 2.55 bits per heavy atom. The molecule has 0 aliphatic carbocycles. The fraction of sp³-hybridized carbons (Fsp3) is 0.235. The maximum Gasteiger partial charge on any atom is 0.225 e. The number of hydrogen-bond acceptors (Lipinski definition) is 2. The van der Waals surface area contributed by atoms with Crippen molar-refractivity contribution < 1.29 is 18.3 Å². The van der Waals surface area contributed by atoms with Crippen molar-refractivity contribution in [1.82, 2.24) is 5.32 Å². The molecule has 0 saturated heterocycles. The van der Waals surface area contributed by atoms with E-state index in [1.807, 2.05) is 0 Å². The normalized spacial score (nSPS) is 11.8. The van der Waals surface area contributed by atoms with Crippen molar-refractivity contribution in [3.05, 3.63) is 65.2 Å². The van der Waals surface area contributed by atoms with E-state index in [1.54, 1.807) is 31.2 Å². The molecule has 0 aliphatic rings. The molecule has 2 aromatic rings. The van der Waals surface area contributed by atoms with Crippen molar-refractivity contribution in [2.24, 2.45) is 0 Å². The zero-order valence-electron chi connectivity index (χ0n) is 12.4. The highest BCUT2D eigenvalue weighted by Crippen LogP contribution is 2.21. The van der Waals surface area contributed by atoms with E-state index in [-0.39, 0.29) is 24.1 Å². The SMILES string of the molecule is COc1ccc([C@H](C)NC(=O)Cc2ccccc2F)cc1F. The van der Waals surface area contributed by atoms with Gasteiger partial charge in [-0.3, -0.25) is 4.79 Å². The summed E-state index contributed by atoms with van der Waals surface area (Å²) in [6, 6.07) is 10.2. The van der Waals surface area contributed by atoms with Gasteiger partial charge in [-0.05, 0) is 36.2 Å². The van der Waals surface area contributed by atoms with Gasteiger partial charge in [0.25, 0.3) is 0 Å². The minimum absolute atomic E-state index is 0.0599. The third-order valence-electron chi connectivity index (χ3n) is 3.36. The average molecular weight is 305 g/mol. The quantitative estimate of drug-likeness (QED) is 0.919. The summed E-state index contributed by atoms with van der Waals surface area (Å²) in [5.74, 6) is -1.08. The van der Waals surface area contributed by atoms with E-state index in [0.717, 1.165) is 0 Å². The van der Waals surface area contributed by atoms with E-state index < -0.39 is 11.6 Å². The van der Waals surface area contributed by atoms with Crippen molar-refractivity contribution in [3.8, 4) is 5.75 Å². The number of ether oxygens (including phenoxy) is 1. The van der Waals surface area contributed by atoms with Crippen LogP contribution in [-0.2, 0) is 11.2 Å². The molecule has 3 nitrogen and oxygen atoms in total. The Morgan fingerprint density at radius 2 is 1.91 bits per heavy atom. The molecule has 0 bridgehead atoms. The van der Waals surface area contributed by atoms with Crippen molar-refractivity contribution in [1.29, 1.82) is 0 Å². The van der Waals surface area contributed by atoms with Crippen LogP contribution >= 0.6 is 0 Å². The monoisotopic (exact) mass is 305 g/mol. The maximum atomic E-state index is 13.7. The van der Waals surface area contributed by atoms with Gasteiger partial charge in [0, 0.05) is 0 Å². The lowest BCUT2D eigenvalue weighted by atomic mass is 10.1. The van der Waals surface area contributed by atoms with Crippen molar-refractivity contribution >= 4 is 5.91 Å². The lowest BCUT2D eigenvalue weighted by Gasteiger charge is -2.15. The van der Waals surface area contributed by atoms with Crippen LogP contribution in [0.1, 0.15) is 24.1 Å². The lowest BCUT2D eigenvalue weighted by molar-refractivity contribution is -0.121. The van der Waals surface area contributed by atoms with Gasteiger partial charge >= 0.3 is 0 Å². The van der Waals surface area contributed by atoms with E-state index in [0.29, 0.717) is 11.1 Å². The number of hydrogen-bond donors (Lipinski definition) is 1. The van der Waals surface area contributed by atoms with Crippen molar-refractivity contribution in [2.75, 3.05) is 7.11 Å². The molecule has 1 N–H and O–H groups in total. The number of carbonyl (C=O) groups is 1. The van der Waals surface area contributed by atoms with Crippen LogP contribution in [0.3, 0.4) is 0 Å². The van der Waals surface area contributed by atoms with Gasteiger partial charge < -0.3 is 10.1 Å². The molecule has 0 fully saturated rings. The molecule has 0 aliphatic heterocycles. The van der Waals surface area contributed by atoms with Gasteiger partial charge in [0.15, 0.2) is 11.6 Å². The molecular weight excluding hydrogens is 288 g/mol. The van der Waals surface area contributed by atoms with Gasteiger partial charge in [-0.2, -0.15) is 0 Å². The number of rotatable bonds is 5. The van der Waals surface area contributed by atoms with E-state index in [2.05, 4.69) is 5.32 Å². The lowest BCUT2D eigenvalue weighted by Crippen LogP contribution is -2.28.